The van der Waals surface area contributed by atoms with Crippen LogP contribution >= 0.6 is 7.75 Å². The second-order valence-electron chi connectivity index (χ2n) is 13.9. The summed E-state index contributed by atoms with van der Waals surface area (Å²) in [7, 11) is 8.89. The molecule has 12 nitrogen and oxygen atoms in total. The summed E-state index contributed by atoms with van der Waals surface area (Å²) in [6.07, 6.45) is 2.53. The first-order valence-electron chi connectivity index (χ1n) is 18.9. The highest BCUT2D eigenvalue weighted by atomic mass is 31.2. The van der Waals surface area contributed by atoms with Crippen LogP contribution in [0.3, 0.4) is 0 Å². The maximum Gasteiger partial charge on any atom is 0.409 e. The molecule has 0 heterocycles. The van der Waals surface area contributed by atoms with E-state index in [0.717, 1.165) is 59.8 Å². The zero-order valence-corrected chi connectivity index (χ0v) is 34.9. The van der Waals surface area contributed by atoms with Crippen LogP contribution in [-0.4, -0.2) is 111 Å². The first-order chi connectivity index (χ1) is 27.1. The van der Waals surface area contributed by atoms with Crippen molar-refractivity contribution in [2.75, 3.05) is 89.3 Å². The van der Waals surface area contributed by atoms with Crippen molar-refractivity contribution in [3.05, 3.63) is 119 Å². The van der Waals surface area contributed by atoms with Gasteiger partial charge in [-0.15, -0.1) is 0 Å². The number of likely N-dealkylation sites (N-methyl/N-ethyl adjacent to an activating group) is 2. The Balaban J connectivity index is 1.26. The summed E-state index contributed by atoms with van der Waals surface area (Å²) >= 11 is 0. The van der Waals surface area contributed by atoms with E-state index in [2.05, 4.69) is 41.5 Å². The molecule has 4 rings (SSSR count). The highest BCUT2D eigenvalue weighted by Crippen LogP contribution is 2.43. The fourth-order valence-corrected chi connectivity index (χ4v) is 6.69. The minimum atomic E-state index is -3.77. The Bertz CT molecular complexity index is 1650. The lowest BCUT2D eigenvalue weighted by Crippen LogP contribution is -2.34. The van der Waals surface area contributed by atoms with Gasteiger partial charge in [-0.2, -0.15) is 0 Å². The predicted molar refractivity (Wildman–Crippen MR) is 220 cm³/mol. The van der Waals surface area contributed by atoms with Crippen molar-refractivity contribution in [2.24, 2.45) is 0 Å². The summed E-state index contributed by atoms with van der Waals surface area (Å²) in [5, 5.41) is 2.66. The summed E-state index contributed by atoms with van der Waals surface area (Å²) < 4.78 is 60.2. The summed E-state index contributed by atoms with van der Waals surface area (Å²) in [6, 6.07) is 32.2. The van der Waals surface area contributed by atoms with E-state index < -0.39 is 7.75 Å². The molecule has 2 atom stereocenters. The Labute approximate surface area is 333 Å². The molecule has 306 valence electrons. The zero-order chi connectivity index (χ0) is 40.2. The fraction of sp³-hybridized carbons (Fsp3) is 0.442. The number of ether oxygens (including phenoxy) is 6. The lowest BCUT2D eigenvalue weighted by atomic mass is 10.0. The number of nitrogens with one attached hydrogen (secondary N) is 1. The van der Waals surface area contributed by atoms with Gasteiger partial charge < -0.3 is 38.2 Å². The molecule has 0 aliphatic rings. The van der Waals surface area contributed by atoms with Gasteiger partial charge in [0.25, 0.3) is 0 Å². The number of methoxy groups -OCH3 is 2. The van der Waals surface area contributed by atoms with Gasteiger partial charge in [-0.3, -0.25) is 9.05 Å². The molecule has 0 saturated heterocycles. The largest absolute Gasteiger partial charge is 0.497 e. The van der Waals surface area contributed by atoms with Crippen molar-refractivity contribution >= 4 is 7.75 Å². The molecule has 0 radical (unpaired) electrons. The average molecular weight is 794 g/mol. The number of para-hydroxylation sites is 2. The molecule has 4 aromatic carbocycles. The van der Waals surface area contributed by atoms with Gasteiger partial charge in [-0.25, -0.2) is 9.65 Å². The Morgan fingerprint density at radius 1 is 0.589 bits per heavy atom. The molecule has 1 N–H and O–H groups in total. The van der Waals surface area contributed by atoms with Gasteiger partial charge >= 0.3 is 7.75 Å². The molecule has 0 aliphatic carbocycles. The Kier molecular flexibility index (Phi) is 19.1. The van der Waals surface area contributed by atoms with E-state index in [1.165, 1.54) is 18.2 Å². The molecule has 0 aliphatic heterocycles. The monoisotopic (exact) mass is 793 g/mol. The molecule has 0 aromatic heterocycles. The Hall–Kier alpha value is -3.97. The van der Waals surface area contributed by atoms with Crippen LogP contribution in [0, 0.1) is 0 Å². The van der Waals surface area contributed by atoms with Gasteiger partial charge in [0.2, 0.25) is 0 Å². The molecular formula is C43H60N3O9P. The maximum absolute atomic E-state index is 13.5. The van der Waals surface area contributed by atoms with Crippen LogP contribution in [0.5, 0.6) is 23.0 Å². The van der Waals surface area contributed by atoms with Crippen LogP contribution in [0.2, 0.25) is 0 Å². The summed E-state index contributed by atoms with van der Waals surface area (Å²) in [4.78, 5) is 3.99. The molecule has 0 spiro atoms. The van der Waals surface area contributed by atoms with E-state index in [1.807, 2.05) is 98.7 Å². The number of hydrogen-bond acceptors (Lipinski definition) is 11. The molecule has 2 unspecified atom stereocenters. The van der Waals surface area contributed by atoms with Crippen molar-refractivity contribution in [1.82, 2.24) is 14.9 Å². The zero-order valence-electron chi connectivity index (χ0n) is 34.0. The first kappa shape index (κ1) is 44.7. The van der Waals surface area contributed by atoms with Crippen molar-refractivity contribution in [3.8, 4) is 23.0 Å². The van der Waals surface area contributed by atoms with Gasteiger partial charge in [0, 0.05) is 13.1 Å². The summed E-state index contributed by atoms with van der Waals surface area (Å²) in [5.74, 6) is 3.26. The van der Waals surface area contributed by atoms with Crippen LogP contribution in [0.25, 0.3) is 0 Å². The van der Waals surface area contributed by atoms with E-state index in [1.54, 1.807) is 14.2 Å². The second kappa shape index (κ2) is 23.9. The standard InChI is InChI=1S/C43H60N3O9P/c1-44-56(47,54-32-52-40(28-45(2)3)30-50-42-20-10-8-16-36(42)24-22-34-14-12-18-38(26-34)48-6)55-33-53-41(29-46(4)5)31-51-43-21-11-9-17-37(43)25-23-35-15-13-19-39(27-35)49-7/h8-21,26-27,40-41H,22-25,28-33H2,1-7H3,(H,44,47). The van der Waals surface area contributed by atoms with Crippen molar-refractivity contribution in [3.63, 3.8) is 0 Å². The number of aryl methyl sites for hydroxylation is 4. The van der Waals surface area contributed by atoms with Crippen LogP contribution < -0.4 is 24.0 Å². The van der Waals surface area contributed by atoms with Crippen LogP contribution in [0.1, 0.15) is 22.3 Å². The Morgan fingerprint density at radius 2 is 1.02 bits per heavy atom. The van der Waals surface area contributed by atoms with E-state index in [-0.39, 0.29) is 39.0 Å². The van der Waals surface area contributed by atoms with E-state index in [0.29, 0.717) is 13.1 Å². The normalized spacial score (nSPS) is 13.7. The third-order valence-corrected chi connectivity index (χ3v) is 10.3. The number of hydrogen-bond donors (Lipinski definition) is 1. The molecule has 4 aromatic rings. The fourth-order valence-electron chi connectivity index (χ4n) is 5.96. The minimum Gasteiger partial charge on any atom is -0.497 e. The maximum atomic E-state index is 13.5. The lowest BCUT2D eigenvalue weighted by Gasteiger charge is -2.25. The third-order valence-electron chi connectivity index (χ3n) is 8.89. The SMILES string of the molecule is CNP(=O)(OCOC(COc1ccccc1CCc1cccc(OC)c1)CN(C)C)OCOC(COc1ccccc1CCc1cccc(OC)c1)CN(C)C. The summed E-state index contributed by atoms with van der Waals surface area (Å²) in [5.41, 5.74) is 4.56. The number of nitrogens with zero attached hydrogens (tertiary/aromatic N) is 2. The van der Waals surface area contributed by atoms with E-state index in [9.17, 15) is 4.57 Å². The van der Waals surface area contributed by atoms with Gasteiger partial charge in [-0.05, 0) is 120 Å². The smallest absolute Gasteiger partial charge is 0.409 e. The van der Waals surface area contributed by atoms with Crippen LogP contribution in [-0.2, 0) is 48.8 Å². The van der Waals surface area contributed by atoms with E-state index in [4.69, 9.17) is 37.5 Å². The number of rotatable bonds is 27. The van der Waals surface area contributed by atoms with Crippen molar-refractivity contribution in [1.29, 1.82) is 0 Å². The van der Waals surface area contributed by atoms with Gasteiger partial charge in [0.1, 0.15) is 48.4 Å². The third kappa shape index (κ3) is 15.9. The predicted octanol–water partition coefficient (Wildman–Crippen LogP) is 6.90. The minimum absolute atomic E-state index is 0.266. The quantitative estimate of drug-likeness (QED) is 0.0501. The lowest BCUT2D eigenvalue weighted by molar-refractivity contribution is -0.0869. The van der Waals surface area contributed by atoms with Gasteiger partial charge in [-0.1, -0.05) is 60.7 Å². The van der Waals surface area contributed by atoms with Crippen LogP contribution in [0.15, 0.2) is 97.1 Å². The molecule has 0 amide bonds. The topological polar surface area (TPSA) is 109 Å². The highest BCUT2D eigenvalue weighted by molar-refractivity contribution is 7.51. The summed E-state index contributed by atoms with van der Waals surface area (Å²) in [6.45, 7) is 1.07. The van der Waals surface area contributed by atoms with Gasteiger partial charge in [0.15, 0.2) is 13.6 Å². The highest BCUT2D eigenvalue weighted by Gasteiger charge is 2.25. The van der Waals surface area contributed by atoms with Crippen molar-refractivity contribution < 1.29 is 42.0 Å². The molecular weight excluding hydrogens is 733 g/mol. The molecule has 0 fully saturated rings. The number of benzene rings is 4. The molecule has 0 saturated carbocycles. The molecule has 0 bridgehead atoms. The average Bonchev–Trinajstić information content (AvgIpc) is 3.20. The van der Waals surface area contributed by atoms with Gasteiger partial charge in [0.05, 0.1) is 14.2 Å². The first-order valence-corrected chi connectivity index (χ1v) is 20.4. The second-order valence-corrected chi connectivity index (χ2v) is 15.8. The van der Waals surface area contributed by atoms with E-state index >= 15 is 0 Å². The van der Waals surface area contributed by atoms with Crippen molar-refractivity contribution in [2.45, 2.75) is 37.9 Å². The molecule has 13 heteroatoms. The Morgan fingerprint density at radius 3 is 1.41 bits per heavy atom. The molecule has 56 heavy (non-hydrogen) atoms. The van der Waals surface area contributed by atoms with Crippen LogP contribution in [0.4, 0.5) is 0 Å².